The summed E-state index contributed by atoms with van der Waals surface area (Å²) < 4.78 is 5.65. The molecule has 1 N–H and O–H groups in total. The highest BCUT2D eigenvalue weighted by molar-refractivity contribution is 5.67. The first-order valence-electron chi connectivity index (χ1n) is 8.82. The van der Waals surface area contributed by atoms with Crippen LogP contribution in [-0.4, -0.2) is 29.3 Å². The van der Waals surface area contributed by atoms with Crippen LogP contribution in [0, 0.1) is 18.3 Å². The lowest BCUT2D eigenvalue weighted by Gasteiger charge is -2.09. The standard InChI is InChI=1S/C21H21N5O/c1-16-5-2-3-7-19(16)24-11-8-20-18(13-22)15-25-21(26-20)27-12-9-17-6-4-10-23-14-17/h2-7,11,14-15,23H,8-10,12H2,1H3. The molecule has 0 amide bonds. The zero-order valence-electron chi connectivity index (χ0n) is 15.2. The van der Waals surface area contributed by atoms with E-state index in [1.54, 1.807) is 6.21 Å². The average molecular weight is 359 g/mol. The highest BCUT2D eigenvalue weighted by Gasteiger charge is 2.08. The number of rotatable bonds is 7. The maximum Gasteiger partial charge on any atom is 0.316 e. The Hall–Kier alpha value is -3.46. The van der Waals surface area contributed by atoms with Crippen LogP contribution in [-0.2, 0) is 6.42 Å². The van der Waals surface area contributed by atoms with Gasteiger partial charge in [-0.3, -0.25) is 4.99 Å². The molecule has 0 radical (unpaired) electrons. The Morgan fingerprint density at radius 3 is 3.04 bits per heavy atom. The van der Waals surface area contributed by atoms with E-state index in [9.17, 15) is 5.26 Å². The summed E-state index contributed by atoms with van der Waals surface area (Å²) in [5.41, 5.74) is 4.21. The van der Waals surface area contributed by atoms with Crippen molar-refractivity contribution in [3.8, 4) is 12.1 Å². The summed E-state index contributed by atoms with van der Waals surface area (Å²) in [6, 6.07) is 10.3. The number of aliphatic imine (C=N–C) groups is 1. The van der Waals surface area contributed by atoms with Crippen molar-refractivity contribution in [3.05, 3.63) is 71.2 Å². The second kappa shape index (κ2) is 9.30. The normalized spacial score (nSPS) is 13.1. The van der Waals surface area contributed by atoms with Gasteiger partial charge in [-0.25, -0.2) is 4.98 Å². The van der Waals surface area contributed by atoms with Crippen molar-refractivity contribution in [2.45, 2.75) is 19.8 Å². The van der Waals surface area contributed by atoms with E-state index < -0.39 is 0 Å². The van der Waals surface area contributed by atoms with Gasteiger partial charge in [0.1, 0.15) is 6.07 Å². The minimum absolute atomic E-state index is 0.279. The van der Waals surface area contributed by atoms with Gasteiger partial charge in [0.05, 0.1) is 29.7 Å². The number of aryl methyl sites for hydroxylation is 1. The second-order valence-corrected chi connectivity index (χ2v) is 6.06. The number of aromatic nitrogens is 2. The molecule has 0 saturated heterocycles. The van der Waals surface area contributed by atoms with Crippen LogP contribution in [0.3, 0.4) is 0 Å². The number of nitriles is 1. The first kappa shape index (κ1) is 18.3. The third kappa shape index (κ3) is 5.25. The fourth-order valence-electron chi connectivity index (χ4n) is 2.59. The molecule has 0 spiro atoms. The number of nitrogens with zero attached hydrogens (tertiary/aromatic N) is 4. The van der Waals surface area contributed by atoms with Gasteiger partial charge < -0.3 is 10.1 Å². The molecule has 2 aromatic rings. The van der Waals surface area contributed by atoms with Gasteiger partial charge in [0, 0.05) is 31.8 Å². The van der Waals surface area contributed by atoms with E-state index in [1.165, 1.54) is 11.8 Å². The Labute approximate surface area is 159 Å². The van der Waals surface area contributed by atoms with Crippen LogP contribution < -0.4 is 10.1 Å². The van der Waals surface area contributed by atoms with E-state index in [0.717, 1.165) is 24.2 Å². The predicted molar refractivity (Wildman–Crippen MR) is 105 cm³/mol. The van der Waals surface area contributed by atoms with Gasteiger partial charge in [-0.15, -0.1) is 0 Å². The fourth-order valence-corrected chi connectivity index (χ4v) is 2.59. The molecule has 0 saturated carbocycles. The second-order valence-electron chi connectivity index (χ2n) is 6.06. The minimum atomic E-state index is 0.279. The van der Waals surface area contributed by atoms with E-state index in [4.69, 9.17) is 4.74 Å². The smallest absolute Gasteiger partial charge is 0.316 e. The lowest BCUT2D eigenvalue weighted by atomic mass is 10.1. The van der Waals surface area contributed by atoms with Crippen LogP contribution in [0.2, 0.25) is 0 Å². The van der Waals surface area contributed by atoms with Gasteiger partial charge in [-0.2, -0.15) is 10.2 Å². The number of ether oxygens (including phenoxy) is 1. The first-order valence-corrected chi connectivity index (χ1v) is 8.82. The molecule has 0 aliphatic carbocycles. The fraction of sp³-hybridized carbons (Fsp3) is 0.238. The molecule has 1 aliphatic rings. The molecule has 0 unspecified atom stereocenters. The molecule has 0 bridgehead atoms. The highest BCUT2D eigenvalue weighted by atomic mass is 16.5. The highest BCUT2D eigenvalue weighted by Crippen LogP contribution is 2.17. The van der Waals surface area contributed by atoms with Crippen molar-refractivity contribution in [2.75, 3.05) is 13.2 Å². The number of para-hydroxylation sites is 1. The van der Waals surface area contributed by atoms with E-state index >= 15 is 0 Å². The van der Waals surface area contributed by atoms with Gasteiger partial charge in [0.2, 0.25) is 0 Å². The topological polar surface area (TPSA) is 83.2 Å². The third-order valence-electron chi connectivity index (χ3n) is 4.07. The molecule has 136 valence electrons. The zero-order chi connectivity index (χ0) is 18.9. The maximum atomic E-state index is 9.28. The van der Waals surface area contributed by atoms with Crippen LogP contribution in [0.15, 0.2) is 59.4 Å². The Kier molecular flexibility index (Phi) is 6.31. The summed E-state index contributed by atoms with van der Waals surface area (Å²) in [7, 11) is 0. The van der Waals surface area contributed by atoms with Gasteiger partial charge in [-0.05, 0) is 24.1 Å². The van der Waals surface area contributed by atoms with Crippen LogP contribution in [0.1, 0.15) is 23.2 Å². The number of hydrogen-bond acceptors (Lipinski definition) is 6. The van der Waals surface area contributed by atoms with E-state index in [2.05, 4.69) is 38.5 Å². The summed E-state index contributed by atoms with van der Waals surface area (Å²) in [4.78, 5) is 13.0. The molecule has 0 atom stereocenters. The van der Waals surface area contributed by atoms with E-state index in [1.807, 2.05) is 37.4 Å². The molecule has 3 rings (SSSR count). The van der Waals surface area contributed by atoms with Crippen LogP contribution in [0.4, 0.5) is 5.69 Å². The number of nitrogens with one attached hydrogen (secondary N) is 1. The zero-order valence-corrected chi connectivity index (χ0v) is 15.2. The van der Waals surface area contributed by atoms with Crippen LogP contribution in [0.5, 0.6) is 6.01 Å². The number of hydrogen-bond donors (Lipinski definition) is 1. The van der Waals surface area contributed by atoms with Gasteiger partial charge in [0.25, 0.3) is 0 Å². The monoisotopic (exact) mass is 359 g/mol. The number of allylic oxidation sites excluding steroid dienone is 1. The van der Waals surface area contributed by atoms with Gasteiger partial charge in [0.15, 0.2) is 0 Å². The average Bonchev–Trinajstić information content (AvgIpc) is 2.70. The maximum absolute atomic E-state index is 9.28. The molecular weight excluding hydrogens is 338 g/mol. The number of dihydropyridines is 1. The Morgan fingerprint density at radius 2 is 2.26 bits per heavy atom. The molecule has 6 heteroatoms. The van der Waals surface area contributed by atoms with Crippen molar-refractivity contribution in [2.24, 2.45) is 4.99 Å². The minimum Gasteiger partial charge on any atom is -0.463 e. The van der Waals surface area contributed by atoms with Gasteiger partial charge in [-0.1, -0.05) is 30.4 Å². The lowest BCUT2D eigenvalue weighted by molar-refractivity contribution is 0.295. The molecule has 1 aromatic heterocycles. The van der Waals surface area contributed by atoms with Gasteiger partial charge >= 0.3 is 6.01 Å². The summed E-state index contributed by atoms with van der Waals surface area (Å²) in [6.07, 6.45) is 10.6. The molecule has 27 heavy (non-hydrogen) atoms. The molecule has 2 heterocycles. The Morgan fingerprint density at radius 1 is 1.37 bits per heavy atom. The molecule has 6 nitrogen and oxygen atoms in total. The van der Waals surface area contributed by atoms with Crippen molar-refractivity contribution in [1.29, 1.82) is 5.26 Å². The summed E-state index contributed by atoms with van der Waals surface area (Å²) in [5.74, 6) is 0. The summed E-state index contributed by atoms with van der Waals surface area (Å²) in [5, 5.41) is 12.4. The third-order valence-corrected chi connectivity index (χ3v) is 4.07. The quantitative estimate of drug-likeness (QED) is 0.766. The predicted octanol–water partition coefficient (Wildman–Crippen LogP) is 3.41. The summed E-state index contributed by atoms with van der Waals surface area (Å²) >= 11 is 0. The Bertz CT molecular complexity index is 924. The molecule has 1 aliphatic heterocycles. The first-order chi connectivity index (χ1) is 13.3. The molecule has 1 aromatic carbocycles. The number of benzene rings is 1. The largest absolute Gasteiger partial charge is 0.463 e. The van der Waals surface area contributed by atoms with E-state index in [-0.39, 0.29) is 6.01 Å². The summed E-state index contributed by atoms with van der Waals surface area (Å²) in [6.45, 7) is 3.34. The van der Waals surface area contributed by atoms with Crippen molar-refractivity contribution >= 4 is 11.9 Å². The van der Waals surface area contributed by atoms with Crippen molar-refractivity contribution < 1.29 is 4.74 Å². The van der Waals surface area contributed by atoms with Crippen LogP contribution in [0.25, 0.3) is 0 Å². The molecular formula is C21H21N5O. The molecule has 0 fully saturated rings. The van der Waals surface area contributed by atoms with Crippen LogP contribution >= 0.6 is 0 Å². The Balaban J connectivity index is 1.63. The van der Waals surface area contributed by atoms with Crippen molar-refractivity contribution in [1.82, 2.24) is 15.3 Å². The lowest BCUT2D eigenvalue weighted by Crippen LogP contribution is -2.11. The van der Waals surface area contributed by atoms with E-state index in [0.29, 0.717) is 24.3 Å². The van der Waals surface area contributed by atoms with Crippen molar-refractivity contribution in [3.63, 3.8) is 0 Å². The SMILES string of the molecule is Cc1ccccc1N=CCc1nc(OCCC2=CNCC=C2)ncc1C#N.